The monoisotopic (exact) mass is 258 g/mol. The molecule has 2 rings (SSSR count). The molecule has 0 aromatic heterocycles. The van der Waals surface area contributed by atoms with Crippen molar-refractivity contribution in [1.29, 1.82) is 0 Å². The highest BCUT2D eigenvalue weighted by Gasteiger charge is 2.50. The molecule has 0 heterocycles. The molecule has 17 heavy (non-hydrogen) atoms. The van der Waals surface area contributed by atoms with Crippen LogP contribution in [-0.4, -0.2) is 24.7 Å². The van der Waals surface area contributed by atoms with Crippen LogP contribution in [0.1, 0.15) is 33.1 Å². The van der Waals surface area contributed by atoms with E-state index in [9.17, 15) is 9.36 Å². The van der Waals surface area contributed by atoms with Crippen LogP contribution < -0.4 is 0 Å². The summed E-state index contributed by atoms with van der Waals surface area (Å²) in [5.74, 6) is 0.0152. The molecule has 0 radical (unpaired) electrons. The maximum atomic E-state index is 12.7. The molecule has 0 aliphatic heterocycles. The molecule has 1 saturated carbocycles. The Morgan fingerprint density at radius 3 is 2.59 bits per heavy atom. The van der Waals surface area contributed by atoms with E-state index in [2.05, 4.69) is 0 Å². The molecule has 2 aliphatic rings. The van der Waals surface area contributed by atoms with Gasteiger partial charge in [-0.3, -0.25) is 9.36 Å². The van der Waals surface area contributed by atoms with Gasteiger partial charge in [0, 0.05) is 5.92 Å². The van der Waals surface area contributed by atoms with E-state index in [1.165, 1.54) is 0 Å². The summed E-state index contributed by atoms with van der Waals surface area (Å²) in [6.07, 6.45) is 4.60. The van der Waals surface area contributed by atoms with Gasteiger partial charge in [-0.1, -0.05) is 5.57 Å². The quantitative estimate of drug-likeness (QED) is 0.711. The molecule has 0 saturated heterocycles. The van der Waals surface area contributed by atoms with Crippen LogP contribution in [0.25, 0.3) is 0 Å². The van der Waals surface area contributed by atoms with Gasteiger partial charge >= 0.3 is 7.60 Å². The summed E-state index contributed by atoms with van der Waals surface area (Å²) in [6, 6.07) is 0. The highest BCUT2D eigenvalue weighted by molar-refractivity contribution is 7.56. The first-order chi connectivity index (χ1) is 8.12. The van der Waals surface area contributed by atoms with Gasteiger partial charge in [-0.2, -0.15) is 0 Å². The van der Waals surface area contributed by atoms with Crippen LogP contribution in [0.2, 0.25) is 0 Å². The standard InChI is InChI=1S/C12H19O4P/c1-3-15-17(14,16-4-2)12-10-7-5-6-9(10)8-11(12)13/h8,10,12H,3-7H2,1-2H3/t10-,12+/m0/s1. The molecule has 0 unspecified atom stereocenters. The Hall–Kier alpha value is -0.440. The molecule has 0 amide bonds. The Morgan fingerprint density at radius 1 is 1.35 bits per heavy atom. The Bertz CT molecular complexity index is 378. The predicted octanol–water partition coefficient (Wildman–Crippen LogP) is 2.93. The molecule has 0 aromatic rings. The molecule has 0 bridgehead atoms. The normalized spacial score (nSPS) is 28.4. The lowest BCUT2D eigenvalue weighted by Crippen LogP contribution is -2.25. The Morgan fingerprint density at radius 2 is 2.00 bits per heavy atom. The van der Waals surface area contributed by atoms with Gasteiger partial charge < -0.3 is 9.05 Å². The Balaban J connectivity index is 2.25. The summed E-state index contributed by atoms with van der Waals surface area (Å²) in [7, 11) is -3.29. The Kier molecular flexibility index (Phi) is 3.86. The van der Waals surface area contributed by atoms with E-state index in [-0.39, 0.29) is 11.7 Å². The van der Waals surface area contributed by atoms with Crippen LogP contribution >= 0.6 is 7.60 Å². The minimum Gasteiger partial charge on any atom is -0.308 e. The second-order valence-electron chi connectivity index (χ2n) is 4.44. The zero-order valence-corrected chi connectivity index (χ0v) is 11.2. The number of hydrogen-bond acceptors (Lipinski definition) is 4. The number of ketones is 1. The van der Waals surface area contributed by atoms with Crippen LogP contribution in [0.3, 0.4) is 0 Å². The van der Waals surface area contributed by atoms with Gasteiger partial charge in [0.1, 0.15) is 5.66 Å². The number of carbonyl (C=O) groups is 1. The van der Waals surface area contributed by atoms with Gasteiger partial charge in [0.25, 0.3) is 0 Å². The van der Waals surface area contributed by atoms with Crippen molar-refractivity contribution in [3.63, 3.8) is 0 Å². The molecule has 96 valence electrons. The topological polar surface area (TPSA) is 52.6 Å². The van der Waals surface area contributed by atoms with Crippen molar-refractivity contribution in [2.24, 2.45) is 5.92 Å². The van der Waals surface area contributed by atoms with Crippen LogP contribution in [0.4, 0.5) is 0 Å². The zero-order chi connectivity index (χ0) is 12.5. The summed E-state index contributed by atoms with van der Waals surface area (Å²) in [6.45, 7) is 4.16. The summed E-state index contributed by atoms with van der Waals surface area (Å²) in [4.78, 5) is 12.0. The third-order valence-corrected chi connectivity index (χ3v) is 5.95. The second kappa shape index (κ2) is 5.05. The SMILES string of the molecule is CCOP(=O)(OCC)[C@H]1C(=O)C=C2CCC[C@@H]21. The number of allylic oxidation sites excluding steroid dienone is 2. The fourth-order valence-electron chi connectivity index (χ4n) is 2.84. The first-order valence-corrected chi connectivity index (χ1v) is 7.86. The minimum atomic E-state index is -3.29. The van der Waals surface area contributed by atoms with Crippen LogP contribution in [-0.2, 0) is 18.4 Å². The molecule has 0 aromatic carbocycles. The van der Waals surface area contributed by atoms with Gasteiger partial charge in [-0.15, -0.1) is 0 Å². The van der Waals surface area contributed by atoms with Gasteiger partial charge in [0.15, 0.2) is 5.78 Å². The lowest BCUT2D eigenvalue weighted by atomic mass is 10.1. The van der Waals surface area contributed by atoms with E-state index >= 15 is 0 Å². The van der Waals surface area contributed by atoms with Gasteiger partial charge in [-0.05, 0) is 39.2 Å². The summed E-state index contributed by atoms with van der Waals surface area (Å²) in [5.41, 5.74) is 0.555. The van der Waals surface area contributed by atoms with E-state index in [0.29, 0.717) is 13.2 Å². The summed E-state index contributed by atoms with van der Waals surface area (Å²) >= 11 is 0. The highest BCUT2D eigenvalue weighted by Crippen LogP contribution is 2.61. The van der Waals surface area contributed by atoms with Crippen molar-refractivity contribution in [2.75, 3.05) is 13.2 Å². The molecular weight excluding hydrogens is 239 g/mol. The number of hydrogen-bond donors (Lipinski definition) is 0. The molecule has 4 nitrogen and oxygen atoms in total. The zero-order valence-electron chi connectivity index (χ0n) is 10.3. The lowest BCUT2D eigenvalue weighted by molar-refractivity contribution is -0.114. The third kappa shape index (κ3) is 2.26. The summed E-state index contributed by atoms with van der Waals surface area (Å²) in [5, 5.41) is 0. The molecule has 2 aliphatic carbocycles. The molecule has 0 N–H and O–H groups in total. The van der Waals surface area contributed by atoms with E-state index in [1.807, 2.05) is 0 Å². The van der Waals surface area contributed by atoms with E-state index in [4.69, 9.17) is 9.05 Å². The maximum Gasteiger partial charge on any atom is 0.342 e. The third-order valence-electron chi connectivity index (χ3n) is 3.42. The number of carbonyl (C=O) groups excluding carboxylic acids is 1. The smallest absolute Gasteiger partial charge is 0.308 e. The van der Waals surface area contributed by atoms with Crippen LogP contribution in [0, 0.1) is 5.92 Å². The molecule has 2 atom stereocenters. The van der Waals surface area contributed by atoms with Crippen molar-refractivity contribution in [2.45, 2.75) is 38.8 Å². The maximum absolute atomic E-state index is 12.7. The van der Waals surface area contributed by atoms with Crippen molar-refractivity contribution < 1.29 is 18.4 Å². The molecular formula is C12H19O4P. The van der Waals surface area contributed by atoms with Gasteiger partial charge in [-0.25, -0.2) is 0 Å². The van der Waals surface area contributed by atoms with Crippen molar-refractivity contribution >= 4 is 13.4 Å². The lowest BCUT2D eigenvalue weighted by Gasteiger charge is -2.25. The second-order valence-corrected chi connectivity index (χ2v) is 6.59. The predicted molar refractivity (Wildman–Crippen MR) is 65.1 cm³/mol. The molecule has 0 spiro atoms. The minimum absolute atomic E-state index is 0.0741. The largest absolute Gasteiger partial charge is 0.342 e. The fraction of sp³-hybridized carbons (Fsp3) is 0.750. The van der Waals surface area contributed by atoms with Crippen molar-refractivity contribution in [1.82, 2.24) is 0 Å². The van der Waals surface area contributed by atoms with Crippen LogP contribution in [0.5, 0.6) is 0 Å². The van der Waals surface area contributed by atoms with Crippen molar-refractivity contribution in [3.8, 4) is 0 Å². The number of fused-ring (bicyclic) bond motifs is 1. The molecule has 1 fully saturated rings. The average molecular weight is 258 g/mol. The van der Waals surface area contributed by atoms with E-state index < -0.39 is 13.3 Å². The van der Waals surface area contributed by atoms with Gasteiger partial charge in [0.2, 0.25) is 0 Å². The van der Waals surface area contributed by atoms with Crippen LogP contribution in [0.15, 0.2) is 11.6 Å². The molecule has 5 heteroatoms. The van der Waals surface area contributed by atoms with E-state index in [1.54, 1.807) is 19.9 Å². The number of rotatable bonds is 5. The average Bonchev–Trinajstić information content (AvgIpc) is 2.77. The van der Waals surface area contributed by atoms with Gasteiger partial charge in [0.05, 0.1) is 13.2 Å². The van der Waals surface area contributed by atoms with Crippen molar-refractivity contribution in [3.05, 3.63) is 11.6 Å². The fourth-order valence-corrected chi connectivity index (χ4v) is 5.12. The Labute approximate surface area is 102 Å². The van der Waals surface area contributed by atoms with E-state index in [0.717, 1.165) is 24.8 Å². The summed E-state index contributed by atoms with van der Waals surface area (Å²) < 4.78 is 23.3. The first-order valence-electron chi connectivity index (χ1n) is 6.25. The highest BCUT2D eigenvalue weighted by atomic mass is 31.2. The first kappa shape index (κ1) is 13.0.